The lowest BCUT2D eigenvalue weighted by molar-refractivity contribution is 0.165. The van der Waals surface area contributed by atoms with Gasteiger partial charge in [0, 0.05) is 32.2 Å². The third kappa shape index (κ3) is 2.45. The molecule has 16 heavy (non-hydrogen) atoms. The molecule has 0 aromatic heterocycles. The maximum absolute atomic E-state index is 3.44. The highest BCUT2D eigenvalue weighted by molar-refractivity contribution is 5.33. The highest BCUT2D eigenvalue weighted by Gasteiger charge is 2.18. The number of nitrogens with one attached hydrogen (secondary N) is 1. The second-order valence-electron chi connectivity index (χ2n) is 4.89. The van der Waals surface area contributed by atoms with Crippen LogP contribution in [0.1, 0.15) is 23.6 Å². The molecule has 1 atom stereocenters. The summed E-state index contributed by atoms with van der Waals surface area (Å²) in [6, 6.07) is 7.23. The summed E-state index contributed by atoms with van der Waals surface area (Å²) >= 11 is 0. The number of benzene rings is 1. The molecule has 1 aromatic carbocycles. The first-order valence-corrected chi connectivity index (χ1v) is 6.18. The summed E-state index contributed by atoms with van der Waals surface area (Å²) in [6.07, 6.45) is 0. The topological polar surface area (TPSA) is 15.3 Å². The first-order valence-electron chi connectivity index (χ1n) is 6.18. The lowest BCUT2D eigenvalue weighted by atomic mass is 10.0. The SMILES string of the molecule is Cc1cccc(C)c1CN1CCNCC1C. The van der Waals surface area contributed by atoms with Crippen molar-refractivity contribution in [3.8, 4) is 0 Å². The number of rotatable bonds is 2. The maximum Gasteiger partial charge on any atom is 0.0242 e. The molecule has 88 valence electrons. The Bertz CT molecular complexity index is 340. The predicted octanol–water partition coefficient (Wildman–Crippen LogP) is 2.10. The number of hydrogen-bond donors (Lipinski definition) is 1. The van der Waals surface area contributed by atoms with E-state index in [0.29, 0.717) is 6.04 Å². The standard InChI is InChI=1S/C14H22N2/c1-11-5-4-6-12(2)14(11)10-16-8-7-15-9-13(16)3/h4-6,13,15H,7-10H2,1-3H3. The van der Waals surface area contributed by atoms with E-state index in [9.17, 15) is 0 Å². The Labute approximate surface area is 98.7 Å². The summed E-state index contributed by atoms with van der Waals surface area (Å²) in [5.74, 6) is 0. The number of aryl methyl sites for hydroxylation is 2. The molecule has 0 aliphatic carbocycles. The van der Waals surface area contributed by atoms with E-state index < -0.39 is 0 Å². The summed E-state index contributed by atoms with van der Waals surface area (Å²) in [5, 5.41) is 3.44. The Morgan fingerprint density at radius 2 is 2.00 bits per heavy atom. The fourth-order valence-electron chi connectivity index (χ4n) is 2.42. The van der Waals surface area contributed by atoms with Crippen molar-refractivity contribution < 1.29 is 0 Å². The van der Waals surface area contributed by atoms with E-state index in [-0.39, 0.29) is 0 Å². The first-order chi connectivity index (χ1) is 7.68. The molecule has 1 aliphatic heterocycles. The van der Waals surface area contributed by atoms with Crippen LogP contribution in [0.25, 0.3) is 0 Å². The normalized spacial score (nSPS) is 22.3. The largest absolute Gasteiger partial charge is 0.314 e. The molecular formula is C14H22N2. The quantitative estimate of drug-likeness (QED) is 0.818. The summed E-state index contributed by atoms with van der Waals surface area (Å²) in [6.45, 7) is 11.2. The van der Waals surface area contributed by atoms with Crippen LogP contribution in [0.2, 0.25) is 0 Å². The molecule has 1 N–H and O–H groups in total. The summed E-state index contributed by atoms with van der Waals surface area (Å²) < 4.78 is 0. The van der Waals surface area contributed by atoms with Crippen molar-refractivity contribution in [3.63, 3.8) is 0 Å². The van der Waals surface area contributed by atoms with Gasteiger partial charge in [-0.15, -0.1) is 0 Å². The molecule has 0 radical (unpaired) electrons. The summed E-state index contributed by atoms with van der Waals surface area (Å²) in [4.78, 5) is 2.58. The highest BCUT2D eigenvalue weighted by Crippen LogP contribution is 2.17. The molecule has 1 saturated heterocycles. The molecule has 0 spiro atoms. The minimum Gasteiger partial charge on any atom is -0.314 e. The van der Waals surface area contributed by atoms with E-state index in [1.807, 2.05) is 0 Å². The second-order valence-corrected chi connectivity index (χ2v) is 4.89. The van der Waals surface area contributed by atoms with Crippen LogP contribution in [-0.4, -0.2) is 30.6 Å². The van der Waals surface area contributed by atoms with Gasteiger partial charge in [0.05, 0.1) is 0 Å². The Kier molecular flexibility index (Phi) is 3.62. The van der Waals surface area contributed by atoms with Gasteiger partial charge in [0.2, 0.25) is 0 Å². The zero-order valence-electron chi connectivity index (χ0n) is 10.6. The maximum atomic E-state index is 3.44. The van der Waals surface area contributed by atoms with Gasteiger partial charge >= 0.3 is 0 Å². The van der Waals surface area contributed by atoms with Crippen LogP contribution in [0.15, 0.2) is 18.2 Å². The van der Waals surface area contributed by atoms with E-state index >= 15 is 0 Å². The van der Waals surface area contributed by atoms with Gasteiger partial charge in [0.1, 0.15) is 0 Å². The molecule has 2 rings (SSSR count). The van der Waals surface area contributed by atoms with E-state index in [1.165, 1.54) is 16.7 Å². The zero-order chi connectivity index (χ0) is 11.5. The minimum absolute atomic E-state index is 0.646. The molecule has 1 aliphatic rings. The summed E-state index contributed by atoms with van der Waals surface area (Å²) in [5.41, 5.74) is 4.35. The molecule has 1 unspecified atom stereocenters. The fraction of sp³-hybridized carbons (Fsp3) is 0.571. The van der Waals surface area contributed by atoms with Crippen LogP contribution < -0.4 is 5.32 Å². The van der Waals surface area contributed by atoms with Gasteiger partial charge in [0.25, 0.3) is 0 Å². The number of hydrogen-bond acceptors (Lipinski definition) is 2. The Morgan fingerprint density at radius 3 is 2.62 bits per heavy atom. The van der Waals surface area contributed by atoms with Gasteiger partial charge < -0.3 is 5.32 Å². The van der Waals surface area contributed by atoms with Crippen molar-refractivity contribution in [1.82, 2.24) is 10.2 Å². The fourth-order valence-corrected chi connectivity index (χ4v) is 2.42. The third-order valence-corrected chi connectivity index (χ3v) is 3.64. The van der Waals surface area contributed by atoms with Crippen molar-refractivity contribution in [2.45, 2.75) is 33.4 Å². The minimum atomic E-state index is 0.646. The van der Waals surface area contributed by atoms with Crippen LogP contribution in [0.5, 0.6) is 0 Å². The Hall–Kier alpha value is -0.860. The molecule has 0 bridgehead atoms. The van der Waals surface area contributed by atoms with Gasteiger partial charge in [-0.25, -0.2) is 0 Å². The van der Waals surface area contributed by atoms with E-state index in [4.69, 9.17) is 0 Å². The van der Waals surface area contributed by atoms with Crippen LogP contribution >= 0.6 is 0 Å². The van der Waals surface area contributed by atoms with Gasteiger partial charge in [-0.1, -0.05) is 18.2 Å². The lowest BCUT2D eigenvalue weighted by Gasteiger charge is -2.34. The van der Waals surface area contributed by atoms with Crippen molar-refractivity contribution in [3.05, 3.63) is 34.9 Å². The highest BCUT2D eigenvalue weighted by atomic mass is 15.2. The smallest absolute Gasteiger partial charge is 0.0242 e. The number of nitrogens with zero attached hydrogens (tertiary/aromatic N) is 1. The molecule has 1 fully saturated rings. The molecular weight excluding hydrogens is 196 g/mol. The van der Waals surface area contributed by atoms with Crippen molar-refractivity contribution in [2.24, 2.45) is 0 Å². The van der Waals surface area contributed by atoms with E-state index in [1.54, 1.807) is 0 Å². The predicted molar refractivity (Wildman–Crippen MR) is 68.7 cm³/mol. The van der Waals surface area contributed by atoms with Gasteiger partial charge in [-0.05, 0) is 37.5 Å². The van der Waals surface area contributed by atoms with Crippen LogP contribution in [0.4, 0.5) is 0 Å². The van der Waals surface area contributed by atoms with E-state index in [0.717, 1.165) is 26.2 Å². The third-order valence-electron chi connectivity index (χ3n) is 3.64. The van der Waals surface area contributed by atoms with Gasteiger partial charge in [-0.2, -0.15) is 0 Å². The van der Waals surface area contributed by atoms with Crippen molar-refractivity contribution >= 4 is 0 Å². The Balaban J connectivity index is 2.13. The summed E-state index contributed by atoms with van der Waals surface area (Å²) in [7, 11) is 0. The van der Waals surface area contributed by atoms with Gasteiger partial charge in [0.15, 0.2) is 0 Å². The number of piperazine rings is 1. The van der Waals surface area contributed by atoms with Crippen molar-refractivity contribution in [1.29, 1.82) is 0 Å². The van der Waals surface area contributed by atoms with Gasteiger partial charge in [-0.3, -0.25) is 4.90 Å². The monoisotopic (exact) mass is 218 g/mol. The molecule has 1 heterocycles. The van der Waals surface area contributed by atoms with Crippen LogP contribution in [-0.2, 0) is 6.54 Å². The molecule has 0 saturated carbocycles. The zero-order valence-corrected chi connectivity index (χ0v) is 10.6. The van der Waals surface area contributed by atoms with Crippen LogP contribution in [0.3, 0.4) is 0 Å². The molecule has 2 nitrogen and oxygen atoms in total. The molecule has 1 aromatic rings. The van der Waals surface area contributed by atoms with Crippen LogP contribution in [0, 0.1) is 13.8 Å². The lowest BCUT2D eigenvalue weighted by Crippen LogP contribution is -2.49. The molecule has 2 heteroatoms. The van der Waals surface area contributed by atoms with Crippen molar-refractivity contribution in [2.75, 3.05) is 19.6 Å². The average molecular weight is 218 g/mol. The second kappa shape index (κ2) is 4.98. The first kappa shape index (κ1) is 11.6. The average Bonchev–Trinajstić information content (AvgIpc) is 2.26. The van der Waals surface area contributed by atoms with E-state index in [2.05, 4.69) is 49.2 Å². The molecule has 0 amide bonds. The Morgan fingerprint density at radius 1 is 1.31 bits per heavy atom.